The van der Waals surface area contributed by atoms with E-state index in [1.165, 1.54) is 25.7 Å². The highest BCUT2D eigenvalue weighted by molar-refractivity contribution is 5.77. The summed E-state index contributed by atoms with van der Waals surface area (Å²) in [5.74, 6) is 0.0604. The van der Waals surface area contributed by atoms with Crippen molar-refractivity contribution in [2.24, 2.45) is 0 Å². The lowest BCUT2D eigenvalue weighted by Crippen LogP contribution is -2.41. The van der Waals surface area contributed by atoms with E-state index in [4.69, 9.17) is 4.74 Å². The van der Waals surface area contributed by atoms with Crippen LogP contribution in [0.2, 0.25) is 0 Å². The van der Waals surface area contributed by atoms with Gasteiger partial charge in [-0.3, -0.25) is 4.79 Å². The molecule has 1 aliphatic heterocycles. The Morgan fingerprint density at radius 1 is 1.21 bits per heavy atom. The molecule has 0 atom stereocenters. The predicted octanol–water partition coefficient (Wildman–Crippen LogP) is 2.06. The van der Waals surface area contributed by atoms with Crippen molar-refractivity contribution in [1.29, 1.82) is 0 Å². The maximum absolute atomic E-state index is 11.9. The Morgan fingerprint density at radius 3 is 2.63 bits per heavy atom. The number of nitrogens with zero attached hydrogens (tertiary/aromatic N) is 1. The molecule has 108 valence electrons. The average molecular weight is 268 g/mol. The minimum absolute atomic E-state index is 0.0604. The van der Waals surface area contributed by atoms with Crippen LogP contribution in [0.3, 0.4) is 0 Å². The first-order valence-electron chi connectivity index (χ1n) is 7.47. The topological polar surface area (TPSA) is 58.6 Å². The number of nitrogens with one attached hydrogen (secondary N) is 1. The lowest BCUT2D eigenvalue weighted by atomic mass is 10.1. The number of carbonyl (C=O) groups excluding carboxylic acids is 2. The van der Waals surface area contributed by atoms with Gasteiger partial charge in [-0.15, -0.1) is 0 Å². The third-order valence-corrected chi connectivity index (χ3v) is 3.89. The van der Waals surface area contributed by atoms with Gasteiger partial charge in [-0.2, -0.15) is 0 Å². The first-order valence-corrected chi connectivity index (χ1v) is 7.47. The van der Waals surface area contributed by atoms with E-state index in [1.54, 1.807) is 4.90 Å². The average Bonchev–Trinajstić information content (AvgIpc) is 2.66. The van der Waals surface area contributed by atoms with Crippen molar-refractivity contribution < 1.29 is 14.3 Å². The number of cyclic esters (lactones) is 1. The number of amides is 2. The summed E-state index contributed by atoms with van der Waals surface area (Å²) in [7, 11) is 0. The standard InChI is InChI=1S/C14H24N2O3/c17-13(15-12-6-3-1-2-4-7-12)8-10-16-9-5-11-19-14(16)18/h12H,1-11H2,(H,15,17). The van der Waals surface area contributed by atoms with Crippen molar-refractivity contribution in [3.8, 4) is 0 Å². The highest BCUT2D eigenvalue weighted by Crippen LogP contribution is 2.17. The van der Waals surface area contributed by atoms with Crippen LogP contribution in [0.25, 0.3) is 0 Å². The molecule has 1 saturated carbocycles. The summed E-state index contributed by atoms with van der Waals surface area (Å²) in [4.78, 5) is 24.9. The Labute approximate surface area is 114 Å². The van der Waals surface area contributed by atoms with Gasteiger partial charge in [0, 0.05) is 25.6 Å². The van der Waals surface area contributed by atoms with Gasteiger partial charge in [0.15, 0.2) is 0 Å². The third-order valence-electron chi connectivity index (χ3n) is 3.89. The van der Waals surface area contributed by atoms with Gasteiger partial charge < -0.3 is 15.0 Å². The fourth-order valence-electron chi connectivity index (χ4n) is 2.76. The second-order valence-electron chi connectivity index (χ2n) is 5.46. The van der Waals surface area contributed by atoms with E-state index in [0.717, 1.165) is 19.3 Å². The van der Waals surface area contributed by atoms with Crippen LogP contribution in [0.1, 0.15) is 51.4 Å². The summed E-state index contributed by atoms with van der Waals surface area (Å²) in [6.45, 7) is 1.68. The molecule has 0 aromatic heterocycles. The zero-order valence-corrected chi connectivity index (χ0v) is 11.5. The molecule has 5 nitrogen and oxygen atoms in total. The van der Waals surface area contributed by atoms with Gasteiger partial charge in [-0.1, -0.05) is 25.7 Å². The van der Waals surface area contributed by atoms with Crippen molar-refractivity contribution in [3.05, 3.63) is 0 Å². The molecule has 1 N–H and O–H groups in total. The number of hydrogen-bond donors (Lipinski definition) is 1. The smallest absolute Gasteiger partial charge is 0.409 e. The number of rotatable bonds is 4. The zero-order valence-electron chi connectivity index (χ0n) is 11.5. The van der Waals surface area contributed by atoms with E-state index in [2.05, 4.69) is 5.32 Å². The Hall–Kier alpha value is -1.26. The molecule has 0 aromatic carbocycles. The highest BCUT2D eigenvalue weighted by Gasteiger charge is 2.21. The molecule has 2 rings (SSSR count). The number of hydrogen-bond acceptors (Lipinski definition) is 3. The molecule has 0 spiro atoms. The molecule has 1 saturated heterocycles. The molecular weight excluding hydrogens is 244 g/mol. The van der Waals surface area contributed by atoms with Crippen molar-refractivity contribution in [2.45, 2.75) is 57.4 Å². The molecule has 5 heteroatoms. The lowest BCUT2D eigenvalue weighted by molar-refractivity contribution is -0.122. The minimum Gasteiger partial charge on any atom is -0.449 e. The van der Waals surface area contributed by atoms with E-state index in [9.17, 15) is 9.59 Å². The van der Waals surface area contributed by atoms with Gasteiger partial charge in [0.05, 0.1) is 6.61 Å². The number of carbonyl (C=O) groups is 2. The summed E-state index contributed by atoms with van der Waals surface area (Å²) in [6, 6.07) is 0.336. The van der Waals surface area contributed by atoms with Crippen LogP contribution in [-0.2, 0) is 9.53 Å². The Kier molecular flexibility index (Phi) is 5.48. The molecular formula is C14H24N2O3. The fraction of sp³-hybridized carbons (Fsp3) is 0.857. The first-order chi connectivity index (χ1) is 9.25. The Bertz CT molecular complexity index is 312. The second-order valence-corrected chi connectivity index (χ2v) is 5.46. The van der Waals surface area contributed by atoms with E-state index >= 15 is 0 Å². The highest BCUT2D eigenvalue weighted by atomic mass is 16.6. The Morgan fingerprint density at radius 2 is 1.95 bits per heavy atom. The predicted molar refractivity (Wildman–Crippen MR) is 71.8 cm³/mol. The zero-order chi connectivity index (χ0) is 13.5. The van der Waals surface area contributed by atoms with Crippen LogP contribution < -0.4 is 5.32 Å². The largest absolute Gasteiger partial charge is 0.449 e. The summed E-state index contributed by atoms with van der Waals surface area (Å²) >= 11 is 0. The van der Waals surface area contributed by atoms with Crippen molar-refractivity contribution in [3.63, 3.8) is 0 Å². The maximum Gasteiger partial charge on any atom is 0.409 e. The van der Waals surface area contributed by atoms with E-state index in [-0.39, 0.29) is 12.0 Å². The molecule has 0 bridgehead atoms. The lowest BCUT2D eigenvalue weighted by Gasteiger charge is -2.26. The van der Waals surface area contributed by atoms with Gasteiger partial charge in [-0.25, -0.2) is 4.79 Å². The molecule has 1 heterocycles. The first kappa shape index (κ1) is 14.2. The Balaban J connectivity index is 1.67. The monoisotopic (exact) mass is 268 g/mol. The molecule has 0 unspecified atom stereocenters. The number of ether oxygens (including phenoxy) is 1. The van der Waals surface area contributed by atoms with Gasteiger partial charge >= 0.3 is 6.09 Å². The van der Waals surface area contributed by atoms with E-state index in [0.29, 0.717) is 32.2 Å². The van der Waals surface area contributed by atoms with Crippen LogP contribution in [0.4, 0.5) is 4.79 Å². The SMILES string of the molecule is O=C(CCN1CCCOC1=O)NC1CCCCCC1. The van der Waals surface area contributed by atoms with Crippen molar-refractivity contribution >= 4 is 12.0 Å². The van der Waals surface area contributed by atoms with Crippen molar-refractivity contribution in [1.82, 2.24) is 10.2 Å². The maximum atomic E-state index is 11.9. The van der Waals surface area contributed by atoms with Gasteiger partial charge in [0.25, 0.3) is 0 Å². The van der Waals surface area contributed by atoms with Gasteiger partial charge in [-0.05, 0) is 19.3 Å². The van der Waals surface area contributed by atoms with Crippen LogP contribution in [0.15, 0.2) is 0 Å². The normalized spacial score (nSPS) is 21.7. The summed E-state index contributed by atoms with van der Waals surface area (Å²) in [6.07, 6.45) is 8.13. The van der Waals surface area contributed by atoms with Crippen LogP contribution in [0.5, 0.6) is 0 Å². The molecule has 0 aromatic rings. The van der Waals surface area contributed by atoms with Gasteiger partial charge in [0.1, 0.15) is 0 Å². The molecule has 0 radical (unpaired) electrons. The van der Waals surface area contributed by atoms with Crippen molar-refractivity contribution in [2.75, 3.05) is 19.7 Å². The molecule has 2 aliphatic rings. The second kappa shape index (κ2) is 7.36. The molecule has 19 heavy (non-hydrogen) atoms. The molecule has 1 aliphatic carbocycles. The van der Waals surface area contributed by atoms with Gasteiger partial charge in [0.2, 0.25) is 5.91 Å². The van der Waals surface area contributed by atoms with Crippen LogP contribution in [0, 0.1) is 0 Å². The molecule has 2 fully saturated rings. The molecule has 2 amide bonds. The minimum atomic E-state index is -0.284. The quantitative estimate of drug-likeness (QED) is 0.794. The van der Waals surface area contributed by atoms with E-state index < -0.39 is 0 Å². The summed E-state index contributed by atoms with van der Waals surface area (Å²) < 4.78 is 4.94. The third kappa shape index (κ3) is 4.73. The summed E-state index contributed by atoms with van der Waals surface area (Å²) in [5, 5.41) is 3.10. The van der Waals surface area contributed by atoms with Crippen LogP contribution in [-0.4, -0.2) is 42.6 Å². The van der Waals surface area contributed by atoms with E-state index in [1.807, 2.05) is 0 Å². The van der Waals surface area contributed by atoms with Crippen LogP contribution >= 0.6 is 0 Å². The summed E-state index contributed by atoms with van der Waals surface area (Å²) in [5.41, 5.74) is 0. The fourth-order valence-corrected chi connectivity index (χ4v) is 2.76.